The van der Waals surface area contributed by atoms with Crippen molar-refractivity contribution in [3.63, 3.8) is 0 Å². The zero-order valence-corrected chi connectivity index (χ0v) is 14.3. The van der Waals surface area contributed by atoms with Crippen molar-refractivity contribution >= 4 is 16.2 Å². The molecule has 116 valence electrons. The van der Waals surface area contributed by atoms with Crippen LogP contribution in [0.4, 0.5) is 0 Å². The maximum atomic E-state index is 9.07. The van der Waals surface area contributed by atoms with Crippen molar-refractivity contribution in [2.75, 3.05) is 0 Å². The van der Waals surface area contributed by atoms with Gasteiger partial charge in [0.2, 0.25) is 0 Å². The molecular weight excluding hydrogens is 299 g/mol. The normalized spacial score (nSPS) is 12.6. The molecule has 0 bridgehead atoms. The second-order valence-corrected chi connectivity index (χ2v) is 6.55. The molecule has 0 radical (unpaired) electrons. The molecule has 0 rings (SSSR count). The molecule has 0 saturated carbocycles. The van der Waals surface area contributed by atoms with E-state index in [1.165, 1.54) is 70.6 Å². The van der Waals surface area contributed by atoms with Crippen LogP contribution in [0.5, 0.6) is 0 Å². The Labute approximate surface area is 132 Å². The van der Waals surface area contributed by atoms with E-state index in [4.69, 9.17) is 16.7 Å². The molecule has 0 amide bonds. The van der Waals surface area contributed by atoms with Crippen molar-refractivity contribution in [3.05, 3.63) is 0 Å². The summed E-state index contributed by atoms with van der Waals surface area (Å²) in [6.07, 6.45) is 17.1. The first kappa shape index (κ1) is 19.6. The predicted octanol–water partition coefficient (Wildman–Crippen LogP) is 5.73. The molecule has 3 heteroatoms. The van der Waals surface area contributed by atoms with Gasteiger partial charge in [0.1, 0.15) is 0 Å². The third kappa shape index (κ3) is 14.9. The summed E-state index contributed by atoms with van der Waals surface area (Å²) in [5, 5.41) is 8.82. The molecule has 0 aromatic carbocycles. The first-order valence-corrected chi connectivity index (χ1v) is 9.01. The minimum atomic E-state index is -0.247. The van der Waals surface area contributed by atoms with Crippen molar-refractivity contribution in [2.24, 2.45) is 0 Å². The van der Waals surface area contributed by atoms with Crippen LogP contribution in [0.1, 0.15) is 90.4 Å². The third-order valence-electron chi connectivity index (χ3n) is 3.56. The molecule has 1 N–H and O–H groups in total. The monoisotopic (exact) mass is 330 g/mol. The van der Waals surface area contributed by atoms with E-state index in [0.717, 1.165) is 12.8 Å². The Kier molecular flexibility index (Phi) is 15.5. The fourth-order valence-corrected chi connectivity index (χ4v) is 2.59. The average molecular weight is 331 g/mol. The quantitative estimate of drug-likeness (QED) is 0.245. The Hall–Kier alpha value is 0.639. The Bertz CT molecular complexity index is 209. The fraction of sp³-hybridized carbons (Fsp3) is 0.938. The van der Waals surface area contributed by atoms with Gasteiger partial charge in [-0.3, -0.25) is 0 Å². The molecule has 0 aliphatic rings. The molecule has 0 saturated heterocycles. The van der Waals surface area contributed by atoms with E-state index in [1.807, 2.05) is 0 Å². The van der Waals surface area contributed by atoms with E-state index in [1.54, 1.807) is 0 Å². The van der Waals surface area contributed by atoms with Crippen molar-refractivity contribution in [2.45, 2.75) is 95.8 Å². The van der Waals surface area contributed by atoms with Crippen molar-refractivity contribution in [1.82, 2.24) is 0 Å². The summed E-state index contributed by atoms with van der Waals surface area (Å²) in [5.74, 6) is 0. The second kappa shape index (κ2) is 15.0. The number of hydrogen-bond donors (Lipinski definition) is 1. The van der Waals surface area contributed by atoms with Gasteiger partial charge in [-0.25, -0.2) is 0 Å². The summed E-state index contributed by atoms with van der Waals surface area (Å²) in [7, 11) is 0. The summed E-state index contributed by atoms with van der Waals surface area (Å²) in [6, 6.07) is 0. The molecule has 1 unspecified atom stereocenters. The fourth-order valence-electron chi connectivity index (χ4n) is 2.28. The topological polar surface area (TPSA) is 20.2 Å². The Morgan fingerprint density at radius 2 is 1.21 bits per heavy atom. The second-order valence-electron chi connectivity index (χ2n) is 5.46. The van der Waals surface area contributed by atoms with Crippen LogP contribution in [0.2, 0.25) is 0 Å². The van der Waals surface area contributed by atoms with Crippen LogP contribution in [0.3, 0.4) is 0 Å². The van der Waals surface area contributed by atoms with Crippen LogP contribution in [0, 0.1) is 0 Å². The van der Waals surface area contributed by atoms with E-state index < -0.39 is 0 Å². The van der Waals surface area contributed by atoms with E-state index >= 15 is 0 Å². The molecule has 1 atom stereocenters. The van der Waals surface area contributed by atoms with Gasteiger partial charge in [-0.05, 0) is 0 Å². The van der Waals surface area contributed by atoms with Crippen molar-refractivity contribution < 1.29 is 20.7 Å². The van der Waals surface area contributed by atoms with Gasteiger partial charge in [0.05, 0.1) is 0 Å². The van der Waals surface area contributed by atoms with Gasteiger partial charge >= 0.3 is 106 Å². The summed E-state index contributed by atoms with van der Waals surface area (Å²) in [4.78, 5) is 0. The van der Waals surface area contributed by atoms with E-state index in [0.29, 0.717) is 0 Å². The van der Waals surface area contributed by atoms with Crippen LogP contribution in [-0.2, 0) is 15.6 Å². The molecule has 19 heavy (non-hydrogen) atoms. The molecule has 0 aromatic heterocycles. The molecule has 0 aromatic rings. The molecule has 0 heterocycles. The molecule has 0 spiro atoms. The first-order valence-electron chi connectivity index (χ1n) is 8.02. The first-order chi connectivity index (χ1) is 9.18. The maximum absolute atomic E-state index is 9.07. The average Bonchev–Trinajstić information content (AvgIpc) is 2.39. The van der Waals surface area contributed by atoms with Crippen LogP contribution in [0.25, 0.3) is 0 Å². The number of unbranched alkanes of at least 4 members (excludes halogenated alkanes) is 11. The summed E-state index contributed by atoms with van der Waals surface area (Å²) in [5.41, 5.74) is 0. The Morgan fingerprint density at radius 1 is 0.842 bits per heavy atom. The number of aliphatic hydroxyl groups excluding tert-OH is 1. The van der Waals surface area contributed by atoms with E-state index in [2.05, 4.69) is 22.5 Å². The standard InChI is InChI=1S/C16H31ClO.Fe/c1-2-3-4-5-6-7-8-9-10-11-12-13-14-16(17)15-18;/h16,18H,2-14H2,1H3;. The van der Waals surface area contributed by atoms with Gasteiger partial charge in [-0.15, -0.1) is 0 Å². The van der Waals surface area contributed by atoms with Gasteiger partial charge in [-0.1, -0.05) is 26.2 Å². The van der Waals surface area contributed by atoms with Crippen molar-refractivity contribution in [1.29, 1.82) is 0 Å². The van der Waals surface area contributed by atoms with Crippen LogP contribution < -0.4 is 0 Å². The number of halogens is 1. The van der Waals surface area contributed by atoms with E-state index in [9.17, 15) is 0 Å². The molecule has 1 nitrogen and oxygen atoms in total. The van der Waals surface area contributed by atoms with Crippen molar-refractivity contribution in [3.8, 4) is 0 Å². The summed E-state index contributed by atoms with van der Waals surface area (Å²) < 4.78 is 0.115. The number of rotatable bonds is 14. The Balaban J connectivity index is 3.05. The van der Waals surface area contributed by atoms with E-state index in [-0.39, 0.29) is 9.98 Å². The summed E-state index contributed by atoms with van der Waals surface area (Å²) in [6.45, 7) is 2.27. The molecule has 0 aliphatic heterocycles. The minimum absolute atomic E-state index is 0.115. The van der Waals surface area contributed by atoms with Crippen LogP contribution in [0.15, 0.2) is 0 Å². The molecular formula is C16H31ClFeO. The molecule has 0 aliphatic carbocycles. The number of hydrogen-bond acceptors (Lipinski definition) is 1. The zero-order chi connectivity index (χ0) is 14.3. The van der Waals surface area contributed by atoms with Gasteiger partial charge in [0, 0.05) is 0 Å². The number of aliphatic hydroxyl groups is 1. The Morgan fingerprint density at radius 3 is 1.58 bits per heavy atom. The SMILES string of the molecule is CCCCCCCCCCCCCCC(Cl)[C](O)=[Fe]. The van der Waals surface area contributed by atoms with Crippen LogP contribution in [-0.4, -0.2) is 15.1 Å². The van der Waals surface area contributed by atoms with Gasteiger partial charge in [0.15, 0.2) is 0 Å². The van der Waals surface area contributed by atoms with Gasteiger partial charge in [0.25, 0.3) is 0 Å². The van der Waals surface area contributed by atoms with Gasteiger partial charge < -0.3 is 0 Å². The predicted molar refractivity (Wildman–Crippen MR) is 82.3 cm³/mol. The van der Waals surface area contributed by atoms with Crippen LogP contribution >= 0.6 is 11.6 Å². The van der Waals surface area contributed by atoms with Gasteiger partial charge in [-0.2, -0.15) is 0 Å². The molecule has 0 fully saturated rings. The zero-order valence-electron chi connectivity index (χ0n) is 12.4. The third-order valence-corrected chi connectivity index (χ3v) is 4.54. The summed E-state index contributed by atoms with van der Waals surface area (Å²) >= 11 is 9.35. The number of alkyl halides is 1.